The van der Waals surface area contributed by atoms with Gasteiger partial charge < -0.3 is 19.9 Å². The maximum absolute atomic E-state index is 12.8. The highest BCUT2D eigenvalue weighted by molar-refractivity contribution is 5.83. The van der Waals surface area contributed by atoms with E-state index in [1.807, 2.05) is 0 Å². The van der Waals surface area contributed by atoms with Crippen LogP contribution in [0, 0.1) is 0 Å². The molecule has 2 aliphatic heterocycles. The minimum absolute atomic E-state index is 0.0692. The average molecular weight is 495 g/mol. The van der Waals surface area contributed by atoms with Crippen molar-refractivity contribution in [1.29, 1.82) is 0 Å². The third kappa shape index (κ3) is 6.54. The molecule has 0 aliphatic carbocycles. The highest BCUT2D eigenvalue weighted by Crippen LogP contribution is 2.40. The Bertz CT molecular complexity index is 1020. The first-order valence-corrected chi connectivity index (χ1v) is 13.2. The molecule has 196 valence electrons. The first-order chi connectivity index (χ1) is 17.1. The largest absolute Gasteiger partial charge is 0.379 e. The Labute approximate surface area is 215 Å². The number of methoxy groups -OCH3 is 1. The molecule has 0 aromatic heterocycles. The average Bonchev–Trinajstić information content (AvgIpc) is 2.84. The van der Waals surface area contributed by atoms with E-state index in [2.05, 4.69) is 86.9 Å². The lowest BCUT2D eigenvalue weighted by Crippen LogP contribution is -2.65. The lowest BCUT2D eigenvalue weighted by atomic mass is 9.80. The number of nitrogens with one attached hydrogen (secondary N) is 2. The van der Waals surface area contributed by atoms with Crippen molar-refractivity contribution < 1.29 is 19.4 Å². The molecule has 0 spiro atoms. The van der Waals surface area contributed by atoms with Gasteiger partial charge in [-0.1, -0.05) is 48.5 Å². The lowest BCUT2D eigenvalue weighted by molar-refractivity contribution is -0.145. The van der Waals surface area contributed by atoms with E-state index in [1.54, 1.807) is 7.11 Å². The highest BCUT2D eigenvalue weighted by Gasteiger charge is 2.41. The molecule has 3 N–H and O–H groups in total. The van der Waals surface area contributed by atoms with Crippen LogP contribution >= 0.6 is 0 Å². The van der Waals surface area contributed by atoms with Crippen LogP contribution in [0.15, 0.2) is 48.5 Å². The van der Waals surface area contributed by atoms with Gasteiger partial charge in [0.2, 0.25) is 5.91 Å². The van der Waals surface area contributed by atoms with E-state index < -0.39 is 12.3 Å². The van der Waals surface area contributed by atoms with Gasteiger partial charge in [0, 0.05) is 13.0 Å². The summed E-state index contributed by atoms with van der Waals surface area (Å²) in [6.45, 7) is 9.20. The molecule has 2 fully saturated rings. The minimum atomic E-state index is -0.796. The van der Waals surface area contributed by atoms with E-state index >= 15 is 0 Å². The van der Waals surface area contributed by atoms with Crippen molar-refractivity contribution in [3.05, 3.63) is 70.8 Å². The molecule has 2 aliphatic rings. The van der Waals surface area contributed by atoms with E-state index in [4.69, 9.17) is 9.47 Å². The Kier molecular flexibility index (Phi) is 8.20. The van der Waals surface area contributed by atoms with Crippen molar-refractivity contribution in [1.82, 2.24) is 10.6 Å². The third-order valence-electron chi connectivity index (χ3n) is 7.96. The Morgan fingerprint density at radius 2 is 1.64 bits per heavy atom. The zero-order chi connectivity index (χ0) is 25.9. The van der Waals surface area contributed by atoms with Crippen LogP contribution < -0.4 is 10.6 Å². The summed E-state index contributed by atoms with van der Waals surface area (Å²) in [6, 6.07) is 16.1. The number of carbonyl (C=O) groups is 1. The first kappa shape index (κ1) is 26.8. The second-order valence-corrected chi connectivity index (χ2v) is 11.5. The first-order valence-electron chi connectivity index (χ1n) is 13.2. The maximum Gasteiger partial charge on any atom is 0.237 e. The molecule has 2 heterocycles. The van der Waals surface area contributed by atoms with Crippen LogP contribution in [0.1, 0.15) is 68.7 Å². The molecule has 4 atom stereocenters. The fraction of sp³-hybridized carbons (Fsp3) is 0.567. The fourth-order valence-electron chi connectivity index (χ4n) is 5.11. The summed E-state index contributed by atoms with van der Waals surface area (Å²) in [7, 11) is 1.76. The monoisotopic (exact) mass is 494 g/mol. The van der Waals surface area contributed by atoms with Gasteiger partial charge in [-0.15, -0.1) is 0 Å². The van der Waals surface area contributed by atoms with Crippen molar-refractivity contribution in [2.24, 2.45) is 0 Å². The van der Waals surface area contributed by atoms with Gasteiger partial charge in [0.25, 0.3) is 0 Å². The number of rotatable bonds is 10. The van der Waals surface area contributed by atoms with Crippen LogP contribution in [0.3, 0.4) is 0 Å². The van der Waals surface area contributed by atoms with Gasteiger partial charge in [0.05, 0.1) is 29.9 Å². The number of hydrogen-bond acceptors (Lipinski definition) is 5. The Morgan fingerprint density at radius 1 is 1.03 bits per heavy atom. The van der Waals surface area contributed by atoms with Crippen LogP contribution in [0.25, 0.3) is 0 Å². The molecule has 36 heavy (non-hydrogen) atoms. The minimum Gasteiger partial charge on any atom is -0.379 e. The number of ether oxygens (including phenoxy) is 2. The van der Waals surface area contributed by atoms with Crippen LogP contribution in [-0.2, 0) is 33.5 Å². The molecular weight excluding hydrogens is 452 g/mol. The van der Waals surface area contributed by atoms with Crippen molar-refractivity contribution in [2.75, 3.05) is 13.7 Å². The number of hydrogen-bond donors (Lipinski definition) is 3. The molecule has 2 aromatic carbocycles. The zero-order valence-corrected chi connectivity index (χ0v) is 22.3. The lowest BCUT2D eigenvalue weighted by Gasteiger charge is -2.44. The molecule has 2 saturated heterocycles. The molecular formula is C30H42N2O4. The number of benzene rings is 2. The summed E-state index contributed by atoms with van der Waals surface area (Å²) in [6.07, 6.45) is 3.41. The maximum atomic E-state index is 12.8. The van der Waals surface area contributed by atoms with Crippen LogP contribution in [0.5, 0.6) is 0 Å². The smallest absolute Gasteiger partial charge is 0.237 e. The van der Waals surface area contributed by atoms with Crippen molar-refractivity contribution in [2.45, 2.75) is 95.2 Å². The fourth-order valence-corrected chi connectivity index (χ4v) is 5.11. The predicted octanol–water partition coefficient (Wildman–Crippen LogP) is 3.89. The van der Waals surface area contributed by atoms with Crippen molar-refractivity contribution in [3.63, 3.8) is 0 Å². The van der Waals surface area contributed by atoms with Gasteiger partial charge in [0.1, 0.15) is 6.23 Å². The zero-order valence-electron chi connectivity index (χ0n) is 22.3. The number of aliphatic hydroxyl groups is 1. The molecule has 0 bridgehead atoms. The quantitative estimate of drug-likeness (QED) is 0.467. The molecule has 4 unspecified atom stereocenters. The molecule has 0 saturated carbocycles. The third-order valence-corrected chi connectivity index (χ3v) is 7.96. The number of amides is 1. The van der Waals surface area contributed by atoms with E-state index in [9.17, 15) is 9.90 Å². The van der Waals surface area contributed by atoms with Gasteiger partial charge in [-0.05, 0) is 82.1 Å². The molecule has 0 radical (unpaired) electrons. The SMILES string of the molecule is COC(C)(C)CCCc1ccc(CC2NC(=O)C(Cc3ccc(C4COC4(C)C)cc3)NC2O)cc1. The van der Waals surface area contributed by atoms with Gasteiger partial charge in [-0.25, -0.2) is 0 Å². The number of carbonyl (C=O) groups excluding carboxylic acids is 1. The molecule has 1 amide bonds. The van der Waals surface area contributed by atoms with Crippen LogP contribution in [-0.4, -0.2) is 54.2 Å². The molecule has 6 heteroatoms. The van der Waals surface area contributed by atoms with Gasteiger partial charge in [-0.2, -0.15) is 0 Å². The standard InChI is InChI=1S/C30H42N2O4/c1-29(2,35-5)16-6-7-20-8-10-21(11-9-20)17-25-27(33)32-26(28(34)31-25)18-22-12-14-23(15-13-22)24-19-36-30(24,3)4/h8-15,24-27,32-33H,6-7,16-19H2,1-5H3,(H,31,34). The van der Waals surface area contributed by atoms with Crippen molar-refractivity contribution in [3.8, 4) is 0 Å². The molecule has 2 aromatic rings. The van der Waals surface area contributed by atoms with Crippen LogP contribution in [0.2, 0.25) is 0 Å². The summed E-state index contributed by atoms with van der Waals surface area (Å²) in [5.41, 5.74) is 4.51. The molecule has 6 nitrogen and oxygen atoms in total. The Morgan fingerprint density at radius 3 is 2.22 bits per heavy atom. The van der Waals surface area contributed by atoms with E-state index in [0.717, 1.165) is 37.0 Å². The van der Waals surface area contributed by atoms with Gasteiger partial charge in [0.15, 0.2) is 0 Å². The number of aryl methyl sites for hydroxylation is 1. The van der Waals surface area contributed by atoms with E-state index in [-0.39, 0.29) is 23.2 Å². The summed E-state index contributed by atoms with van der Waals surface area (Å²) in [5.74, 6) is 0.336. The second kappa shape index (κ2) is 11.0. The molecule has 4 rings (SSSR count). The van der Waals surface area contributed by atoms with E-state index in [1.165, 1.54) is 11.1 Å². The Hall–Kier alpha value is -2.25. The van der Waals surface area contributed by atoms with Crippen LogP contribution in [0.4, 0.5) is 0 Å². The predicted molar refractivity (Wildman–Crippen MR) is 142 cm³/mol. The van der Waals surface area contributed by atoms with Gasteiger partial charge >= 0.3 is 0 Å². The highest BCUT2D eigenvalue weighted by atomic mass is 16.5. The Balaban J connectivity index is 1.26. The van der Waals surface area contributed by atoms with Gasteiger partial charge in [-0.3, -0.25) is 10.1 Å². The summed E-state index contributed by atoms with van der Waals surface area (Å²) < 4.78 is 11.2. The second-order valence-electron chi connectivity index (χ2n) is 11.5. The number of piperazine rings is 1. The number of aliphatic hydroxyl groups excluding tert-OH is 1. The van der Waals surface area contributed by atoms with E-state index in [0.29, 0.717) is 18.8 Å². The summed E-state index contributed by atoms with van der Waals surface area (Å²) in [5, 5.41) is 16.9. The summed E-state index contributed by atoms with van der Waals surface area (Å²) in [4.78, 5) is 12.8. The van der Waals surface area contributed by atoms with Crippen molar-refractivity contribution >= 4 is 5.91 Å². The topological polar surface area (TPSA) is 79.8 Å². The summed E-state index contributed by atoms with van der Waals surface area (Å²) >= 11 is 0. The normalized spacial score (nSPS) is 25.8.